The summed E-state index contributed by atoms with van der Waals surface area (Å²) in [6, 6.07) is 2.52. The number of thiophene rings is 1. The van der Waals surface area contributed by atoms with Crippen LogP contribution in [0.1, 0.15) is 36.2 Å². The van der Waals surface area contributed by atoms with Gasteiger partial charge in [-0.15, -0.1) is 11.3 Å². The fourth-order valence-corrected chi connectivity index (χ4v) is 4.50. The zero-order valence-corrected chi connectivity index (χ0v) is 11.9. The van der Waals surface area contributed by atoms with Gasteiger partial charge in [0.1, 0.15) is 9.84 Å². The third-order valence-electron chi connectivity index (χ3n) is 3.09. The molecule has 0 spiro atoms. The Kier molecular flexibility index (Phi) is 3.90. The van der Waals surface area contributed by atoms with Crippen LogP contribution in [-0.2, 0) is 16.3 Å². The lowest BCUT2D eigenvalue weighted by Crippen LogP contribution is -2.36. The number of hydrogen-bond acceptors (Lipinski definition) is 4. The highest BCUT2D eigenvalue weighted by Gasteiger charge is 2.23. The van der Waals surface area contributed by atoms with Crippen LogP contribution in [0, 0.1) is 0 Å². The van der Waals surface area contributed by atoms with Crippen molar-refractivity contribution in [3.05, 3.63) is 21.9 Å². The fourth-order valence-electron chi connectivity index (χ4n) is 2.51. The maximum Gasteiger partial charge on any atom is 0.148 e. The van der Waals surface area contributed by atoms with Crippen molar-refractivity contribution in [2.45, 2.75) is 38.3 Å². The van der Waals surface area contributed by atoms with Crippen LogP contribution in [0.4, 0.5) is 0 Å². The molecule has 1 aromatic rings. The molecule has 2 unspecified atom stereocenters. The second-order valence-corrected chi connectivity index (χ2v) is 8.09. The monoisotopic (exact) mass is 273 g/mol. The molecule has 0 saturated carbocycles. The van der Waals surface area contributed by atoms with Gasteiger partial charge >= 0.3 is 0 Å². The fraction of sp³-hybridized carbons (Fsp3) is 0.667. The van der Waals surface area contributed by atoms with Gasteiger partial charge in [-0.1, -0.05) is 0 Å². The highest BCUT2D eigenvalue weighted by molar-refractivity contribution is 7.90. The molecule has 1 aromatic heterocycles. The maximum atomic E-state index is 11.2. The van der Waals surface area contributed by atoms with Crippen molar-refractivity contribution >= 4 is 21.2 Å². The van der Waals surface area contributed by atoms with E-state index in [2.05, 4.69) is 16.8 Å². The van der Waals surface area contributed by atoms with Gasteiger partial charge in [0.05, 0.1) is 5.75 Å². The van der Waals surface area contributed by atoms with E-state index < -0.39 is 9.84 Å². The van der Waals surface area contributed by atoms with Gasteiger partial charge in [-0.2, -0.15) is 0 Å². The summed E-state index contributed by atoms with van der Waals surface area (Å²) in [4.78, 5) is 1.46. The Morgan fingerprint density at radius 3 is 3.06 bits per heavy atom. The van der Waals surface area contributed by atoms with E-state index in [4.69, 9.17) is 0 Å². The smallest absolute Gasteiger partial charge is 0.148 e. The molecule has 0 aliphatic heterocycles. The molecule has 0 fully saturated rings. The third kappa shape index (κ3) is 3.53. The molecular formula is C12H19NO2S2. The number of fused-ring (bicyclic) bond motifs is 1. The molecule has 17 heavy (non-hydrogen) atoms. The Balaban J connectivity index is 2.02. The molecule has 96 valence electrons. The molecule has 0 aromatic carbocycles. The molecule has 0 saturated heterocycles. The second kappa shape index (κ2) is 5.08. The van der Waals surface area contributed by atoms with Crippen molar-refractivity contribution < 1.29 is 8.42 Å². The summed E-state index contributed by atoms with van der Waals surface area (Å²) >= 11 is 1.81. The minimum absolute atomic E-state index is 0.0147. The van der Waals surface area contributed by atoms with E-state index >= 15 is 0 Å². The minimum atomic E-state index is -2.90. The molecule has 3 nitrogen and oxygen atoms in total. The number of hydrogen-bond donors (Lipinski definition) is 1. The molecule has 0 bridgehead atoms. The lowest BCUT2D eigenvalue weighted by molar-refractivity contribution is 0.425. The molecular weight excluding hydrogens is 254 g/mol. The van der Waals surface area contributed by atoms with Crippen molar-refractivity contribution in [3.63, 3.8) is 0 Å². The first-order valence-corrected chi connectivity index (χ1v) is 8.90. The van der Waals surface area contributed by atoms with Gasteiger partial charge in [-0.05, 0) is 43.2 Å². The molecule has 1 aliphatic rings. The van der Waals surface area contributed by atoms with Gasteiger partial charge < -0.3 is 5.32 Å². The highest BCUT2D eigenvalue weighted by atomic mass is 32.2. The SMILES string of the molecule is CC(CS(C)(=O)=O)NC1CCCc2sccc21. The number of sulfone groups is 1. The first-order chi connectivity index (χ1) is 7.96. The zero-order chi connectivity index (χ0) is 12.5. The Hall–Kier alpha value is -0.390. The van der Waals surface area contributed by atoms with Gasteiger partial charge in [0.2, 0.25) is 0 Å². The van der Waals surface area contributed by atoms with Crippen LogP contribution < -0.4 is 5.32 Å². The zero-order valence-electron chi connectivity index (χ0n) is 10.3. The van der Waals surface area contributed by atoms with Crippen LogP contribution in [-0.4, -0.2) is 26.5 Å². The maximum absolute atomic E-state index is 11.2. The van der Waals surface area contributed by atoms with Gasteiger partial charge in [0.25, 0.3) is 0 Å². The predicted octanol–water partition coefficient (Wildman–Crippen LogP) is 2.15. The first kappa shape index (κ1) is 13.1. The molecule has 2 rings (SSSR count). The van der Waals surface area contributed by atoms with E-state index in [0.29, 0.717) is 6.04 Å². The lowest BCUT2D eigenvalue weighted by atomic mass is 9.93. The molecule has 0 radical (unpaired) electrons. The summed E-state index contributed by atoms with van der Waals surface area (Å²) in [7, 11) is -2.90. The van der Waals surface area contributed by atoms with E-state index in [0.717, 1.165) is 6.42 Å². The molecule has 1 N–H and O–H groups in total. The summed E-state index contributed by atoms with van der Waals surface area (Å²) in [6.45, 7) is 1.95. The highest BCUT2D eigenvalue weighted by Crippen LogP contribution is 2.33. The van der Waals surface area contributed by atoms with Crippen LogP contribution in [0.2, 0.25) is 0 Å². The van der Waals surface area contributed by atoms with Crippen molar-refractivity contribution in [1.29, 1.82) is 0 Å². The van der Waals surface area contributed by atoms with Crippen LogP contribution >= 0.6 is 11.3 Å². The number of rotatable bonds is 4. The van der Waals surface area contributed by atoms with Crippen molar-refractivity contribution in [1.82, 2.24) is 5.32 Å². The van der Waals surface area contributed by atoms with Crippen molar-refractivity contribution in [2.75, 3.05) is 12.0 Å². The normalized spacial score (nSPS) is 22.1. The summed E-state index contributed by atoms with van der Waals surface area (Å²) in [6.07, 6.45) is 4.77. The topological polar surface area (TPSA) is 46.2 Å². The molecule has 1 aliphatic carbocycles. The van der Waals surface area contributed by atoms with Gasteiger partial charge in [-0.3, -0.25) is 0 Å². The van der Waals surface area contributed by atoms with Crippen LogP contribution in [0.15, 0.2) is 11.4 Å². The van der Waals surface area contributed by atoms with Gasteiger partial charge in [0.15, 0.2) is 0 Å². The molecule has 1 heterocycles. The van der Waals surface area contributed by atoms with E-state index in [1.54, 1.807) is 0 Å². The van der Waals surface area contributed by atoms with Crippen LogP contribution in [0.5, 0.6) is 0 Å². The summed E-state index contributed by atoms with van der Waals surface area (Å²) < 4.78 is 22.5. The quantitative estimate of drug-likeness (QED) is 0.914. The van der Waals surface area contributed by atoms with E-state index in [1.807, 2.05) is 18.3 Å². The average molecular weight is 273 g/mol. The Labute approximate surface area is 107 Å². The van der Waals surface area contributed by atoms with Crippen molar-refractivity contribution in [2.24, 2.45) is 0 Å². The Morgan fingerprint density at radius 1 is 1.59 bits per heavy atom. The van der Waals surface area contributed by atoms with Crippen LogP contribution in [0.25, 0.3) is 0 Å². The van der Waals surface area contributed by atoms with Gasteiger partial charge in [-0.25, -0.2) is 8.42 Å². The third-order valence-corrected chi connectivity index (χ3v) is 5.19. The number of nitrogens with one attached hydrogen (secondary N) is 1. The Morgan fingerprint density at radius 2 is 2.35 bits per heavy atom. The average Bonchev–Trinajstić information content (AvgIpc) is 2.63. The first-order valence-electron chi connectivity index (χ1n) is 5.96. The van der Waals surface area contributed by atoms with E-state index in [-0.39, 0.29) is 11.8 Å². The lowest BCUT2D eigenvalue weighted by Gasteiger charge is -2.27. The Bertz CT molecular complexity index is 478. The summed E-state index contributed by atoms with van der Waals surface area (Å²) in [5.41, 5.74) is 1.38. The summed E-state index contributed by atoms with van der Waals surface area (Å²) in [5, 5.41) is 5.58. The van der Waals surface area contributed by atoms with E-state index in [1.165, 1.54) is 29.5 Å². The molecule has 2 atom stereocenters. The summed E-state index contributed by atoms with van der Waals surface area (Å²) in [5.74, 6) is 0.211. The standard InChI is InChI=1S/C12H19NO2S2/c1-9(8-17(2,14)15)13-11-4-3-5-12-10(11)6-7-16-12/h6-7,9,11,13H,3-5,8H2,1-2H3. The largest absolute Gasteiger partial charge is 0.306 e. The minimum Gasteiger partial charge on any atom is -0.306 e. The second-order valence-electron chi connectivity index (χ2n) is 4.90. The molecule has 0 amide bonds. The number of aryl methyl sites for hydroxylation is 1. The molecule has 5 heteroatoms. The van der Waals surface area contributed by atoms with Gasteiger partial charge in [0, 0.05) is 23.2 Å². The van der Waals surface area contributed by atoms with E-state index in [9.17, 15) is 8.42 Å². The van der Waals surface area contributed by atoms with Crippen molar-refractivity contribution in [3.8, 4) is 0 Å². The van der Waals surface area contributed by atoms with Crippen LogP contribution in [0.3, 0.4) is 0 Å². The predicted molar refractivity (Wildman–Crippen MR) is 72.3 cm³/mol.